The molecule has 0 radical (unpaired) electrons. The summed E-state index contributed by atoms with van der Waals surface area (Å²) in [4.78, 5) is 10.2. The number of carbonyl (C=O) groups is 1. The summed E-state index contributed by atoms with van der Waals surface area (Å²) in [6.07, 6.45) is 1.22. The van der Waals surface area contributed by atoms with Crippen LogP contribution in [0.3, 0.4) is 0 Å². The molecule has 0 aliphatic heterocycles. The molecule has 0 unspecified atom stereocenters. The van der Waals surface area contributed by atoms with Crippen LogP contribution in [0.5, 0.6) is 0 Å². The summed E-state index contributed by atoms with van der Waals surface area (Å²) >= 11 is 0. The zero-order valence-corrected chi connectivity index (χ0v) is 11.8. The van der Waals surface area contributed by atoms with E-state index in [-0.39, 0.29) is 4.90 Å². The Morgan fingerprint density at radius 3 is 2.05 bits per heavy atom. The van der Waals surface area contributed by atoms with Gasteiger partial charge in [-0.2, -0.15) is 8.42 Å². The van der Waals surface area contributed by atoms with Gasteiger partial charge in [0, 0.05) is 11.8 Å². The molecular weight excluding hydrogens is 270 g/mol. The fourth-order valence-electron chi connectivity index (χ4n) is 0.955. The number of benzene rings is 1. The first-order chi connectivity index (χ1) is 8.66. The standard InChI is InChI=1S/C7H8O3S.C5H9NO2/c1-6-2-4-7(5-3-6)11(8,9)10;1-4(6)3-5(7)8-2/h2-5H,1H3,(H,8,9,10);3H,6H2,1-2H3/b;4-3-. The molecule has 19 heavy (non-hydrogen) atoms. The molecule has 0 saturated heterocycles. The van der Waals surface area contributed by atoms with Crippen LogP contribution in [-0.2, 0) is 19.6 Å². The lowest BCUT2D eigenvalue weighted by Gasteiger charge is -1.95. The molecule has 0 amide bonds. The topological polar surface area (TPSA) is 107 Å². The van der Waals surface area contributed by atoms with E-state index in [0.29, 0.717) is 5.70 Å². The van der Waals surface area contributed by atoms with Gasteiger partial charge in [-0.3, -0.25) is 4.55 Å². The van der Waals surface area contributed by atoms with Gasteiger partial charge in [-0.05, 0) is 26.0 Å². The van der Waals surface area contributed by atoms with Crippen LogP contribution >= 0.6 is 0 Å². The van der Waals surface area contributed by atoms with Gasteiger partial charge in [-0.1, -0.05) is 17.7 Å². The Bertz CT molecular complexity index is 542. The first-order valence-corrected chi connectivity index (χ1v) is 6.66. The highest BCUT2D eigenvalue weighted by molar-refractivity contribution is 7.85. The van der Waals surface area contributed by atoms with Gasteiger partial charge >= 0.3 is 5.97 Å². The summed E-state index contributed by atoms with van der Waals surface area (Å²) in [6.45, 7) is 3.46. The van der Waals surface area contributed by atoms with E-state index >= 15 is 0 Å². The lowest BCUT2D eigenvalue weighted by Crippen LogP contribution is -2.00. The van der Waals surface area contributed by atoms with Gasteiger partial charge in [-0.15, -0.1) is 0 Å². The summed E-state index contributed by atoms with van der Waals surface area (Å²) in [5.74, 6) is -0.412. The average molecular weight is 287 g/mol. The minimum atomic E-state index is -4.02. The fraction of sp³-hybridized carbons (Fsp3) is 0.250. The molecule has 0 aliphatic carbocycles. The van der Waals surface area contributed by atoms with Crippen molar-refractivity contribution in [3.63, 3.8) is 0 Å². The van der Waals surface area contributed by atoms with E-state index in [0.717, 1.165) is 5.56 Å². The normalized spacial score (nSPS) is 11.3. The van der Waals surface area contributed by atoms with E-state index in [1.54, 1.807) is 19.1 Å². The van der Waals surface area contributed by atoms with Crippen LogP contribution in [0.25, 0.3) is 0 Å². The molecule has 0 atom stereocenters. The molecule has 6 nitrogen and oxygen atoms in total. The van der Waals surface area contributed by atoms with Gasteiger partial charge in [0.05, 0.1) is 12.0 Å². The number of rotatable bonds is 2. The first-order valence-electron chi connectivity index (χ1n) is 5.22. The highest BCUT2D eigenvalue weighted by Crippen LogP contribution is 2.08. The smallest absolute Gasteiger partial charge is 0.332 e. The number of esters is 1. The van der Waals surface area contributed by atoms with Gasteiger partial charge in [0.1, 0.15) is 0 Å². The number of carbonyl (C=O) groups excluding carboxylic acids is 1. The fourth-order valence-corrected chi connectivity index (χ4v) is 1.44. The zero-order valence-electron chi connectivity index (χ0n) is 11.0. The van der Waals surface area contributed by atoms with Crippen LogP contribution in [0.15, 0.2) is 40.9 Å². The number of hydrogen-bond acceptors (Lipinski definition) is 5. The van der Waals surface area contributed by atoms with Crippen LogP contribution in [0, 0.1) is 6.92 Å². The quantitative estimate of drug-likeness (QED) is 0.482. The number of aryl methyl sites for hydroxylation is 1. The number of methoxy groups -OCH3 is 1. The SMILES string of the molecule is COC(=O)/C=C(/C)N.Cc1ccc(S(=O)(=O)O)cc1. The van der Waals surface area contributed by atoms with E-state index in [1.807, 2.05) is 6.92 Å². The summed E-state index contributed by atoms with van der Waals surface area (Å²) in [7, 11) is -2.71. The molecule has 0 saturated carbocycles. The third-order valence-corrected chi connectivity index (χ3v) is 2.73. The van der Waals surface area contributed by atoms with Crippen molar-refractivity contribution >= 4 is 16.1 Å². The third-order valence-electron chi connectivity index (χ3n) is 1.87. The highest BCUT2D eigenvalue weighted by Gasteiger charge is 2.06. The molecule has 0 spiro atoms. The molecular formula is C12H17NO5S. The maximum atomic E-state index is 10.5. The van der Waals surface area contributed by atoms with E-state index < -0.39 is 16.1 Å². The van der Waals surface area contributed by atoms with E-state index in [2.05, 4.69) is 4.74 Å². The van der Waals surface area contributed by atoms with E-state index in [9.17, 15) is 13.2 Å². The molecule has 1 aromatic carbocycles. The van der Waals surface area contributed by atoms with Crippen molar-refractivity contribution in [2.24, 2.45) is 5.73 Å². The van der Waals surface area contributed by atoms with Crippen molar-refractivity contribution in [2.75, 3.05) is 7.11 Å². The van der Waals surface area contributed by atoms with Crippen molar-refractivity contribution in [3.05, 3.63) is 41.6 Å². The van der Waals surface area contributed by atoms with E-state index in [4.69, 9.17) is 10.3 Å². The van der Waals surface area contributed by atoms with Crippen LogP contribution in [-0.4, -0.2) is 26.0 Å². The molecule has 0 aromatic heterocycles. The molecule has 0 fully saturated rings. The van der Waals surface area contributed by atoms with Gasteiger partial charge < -0.3 is 10.5 Å². The Labute approximate surface area is 112 Å². The van der Waals surface area contributed by atoms with Crippen LogP contribution in [0.2, 0.25) is 0 Å². The monoisotopic (exact) mass is 287 g/mol. The van der Waals surface area contributed by atoms with Crippen LogP contribution in [0.4, 0.5) is 0 Å². The number of ether oxygens (including phenoxy) is 1. The second-order valence-electron chi connectivity index (χ2n) is 3.70. The van der Waals surface area contributed by atoms with Gasteiger partial charge in [-0.25, -0.2) is 4.79 Å². The largest absolute Gasteiger partial charge is 0.466 e. The molecule has 0 heterocycles. The van der Waals surface area contributed by atoms with Gasteiger partial charge in [0.15, 0.2) is 0 Å². The highest BCUT2D eigenvalue weighted by atomic mass is 32.2. The summed E-state index contributed by atoms with van der Waals surface area (Å²) < 4.78 is 33.8. The van der Waals surface area contributed by atoms with Crippen molar-refractivity contribution in [3.8, 4) is 0 Å². The molecule has 1 rings (SSSR count). The van der Waals surface area contributed by atoms with Crippen molar-refractivity contribution in [1.82, 2.24) is 0 Å². The minimum Gasteiger partial charge on any atom is -0.466 e. The molecule has 0 bridgehead atoms. The summed E-state index contributed by atoms with van der Waals surface area (Å²) in [5, 5.41) is 0. The Kier molecular flexibility index (Phi) is 6.81. The maximum absolute atomic E-state index is 10.5. The summed E-state index contributed by atoms with van der Waals surface area (Å²) in [6, 6.07) is 5.99. The Balaban J connectivity index is 0.000000362. The van der Waals surface area contributed by atoms with Crippen molar-refractivity contribution < 1.29 is 22.5 Å². The molecule has 7 heteroatoms. The number of hydrogen-bond donors (Lipinski definition) is 2. The zero-order chi connectivity index (χ0) is 15.1. The molecule has 0 aliphatic rings. The Morgan fingerprint density at radius 2 is 1.79 bits per heavy atom. The minimum absolute atomic E-state index is 0.0666. The van der Waals surface area contributed by atoms with Crippen molar-refractivity contribution in [2.45, 2.75) is 18.7 Å². The predicted octanol–water partition coefficient (Wildman–Crippen LogP) is 1.26. The lowest BCUT2D eigenvalue weighted by atomic mass is 10.2. The maximum Gasteiger partial charge on any atom is 0.332 e. The van der Waals surface area contributed by atoms with Crippen LogP contribution < -0.4 is 5.73 Å². The Hall–Kier alpha value is -1.86. The average Bonchev–Trinajstić information content (AvgIpc) is 2.28. The predicted molar refractivity (Wildman–Crippen MR) is 71.0 cm³/mol. The number of nitrogens with two attached hydrogens (primary N) is 1. The van der Waals surface area contributed by atoms with Gasteiger partial charge in [0.25, 0.3) is 10.1 Å². The molecule has 1 aromatic rings. The second kappa shape index (κ2) is 7.55. The van der Waals surface area contributed by atoms with Gasteiger partial charge in [0.2, 0.25) is 0 Å². The first kappa shape index (κ1) is 17.1. The summed E-state index contributed by atoms with van der Waals surface area (Å²) in [5.41, 5.74) is 6.54. The van der Waals surface area contributed by atoms with E-state index in [1.165, 1.54) is 25.3 Å². The third kappa shape index (κ3) is 7.96. The van der Waals surface area contributed by atoms with Crippen molar-refractivity contribution in [1.29, 1.82) is 0 Å². The lowest BCUT2D eigenvalue weighted by molar-refractivity contribution is -0.134. The Morgan fingerprint density at radius 1 is 1.32 bits per heavy atom. The van der Waals surface area contributed by atoms with Crippen LogP contribution in [0.1, 0.15) is 12.5 Å². The second-order valence-corrected chi connectivity index (χ2v) is 5.12. The molecule has 106 valence electrons. The molecule has 3 N–H and O–H groups in total. The number of allylic oxidation sites excluding steroid dienone is 1.